The molecule has 1 N–H and O–H groups in total. The fourth-order valence-electron chi connectivity index (χ4n) is 1.88. The van der Waals surface area contributed by atoms with E-state index in [9.17, 15) is 4.79 Å². The number of nitrogens with one attached hydrogen (secondary N) is 1. The minimum Gasteiger partial charge on any atom is -0.355 e. The Hall–Kier alpha value is -1.54. The largest absolute Gasteiger partial charge is 0.355 e. The lowest BCUT2D eigenvalue weighted by atomic mass is 10.1. The van der Waals surface area contributed by atoms with Crippen molar-refractivity contribution < 1.29 is 4.79 Å². The lowest BCUT2D eigenvalue weighted by Crippen LogP contribution is -2.27. The molecule has 0 unspecified atom stereocenters. The minimum atomic E-state index is -0.197. The summed E-state index contributed by atoms with van der Waals surface area (Å²) in [6, 6.07) is 10.3. The quantitative estimate of drug-likeness (QED) is 0.573. The molecular weight excluding hydrogens is 342 g/mol. The van der Waals surface area contributed by atoms with Crippen molar-refractivity contribution >= 4 is 29.4 Å². The summed E-state index contributed by atoms with van der Waals surface area (Å²) in [6.07, 6.45) is 0.940. The summed E-state index contributed by atoms with van der Waals surface area (Å²) in [5.74, 6) is 1.32. The summed E-state index contributed by atoms with van der Waals surface area (Å²) in [7, 11) is 0. The first kappa shape index (κ1) is 18.8. The summed E-state index contributed by atoms with van der Waals surface area (Å²) in [4.78, 5) is 13.2. The molecule has 0 atom stereocenters. The summed E-state index contributed by atoms with van der Waals surface area (Å²) >= 11 is 3.16. The second kappa shape index (κ2) is 9.08. The van der Waals surface area contributed by atoms with E-state index in [-0.39, 0.29) is 11.4 Å². The van der Waals surface area contributed by atoms with Crippen LogP contribution in [0.4, 0.5) is 0 Å². The fourth-order valence-corrected chi connectivity index (χ4v) is 3.64. The van der Waals surface area contributed by atoms with Crippen LogP contribution in [0.25, 0.3) is 0 Å². The maximum Gasteiger partial charge on any atom is 0.230 e. The molecule has 0 radical (unpaired) electrons. The Balaban J connectivity index is 1.63. The van der Waals surface area contributed by atoms with Crippen LogP contribution in [0, 0.1) is 0 Å². The average molecular weight is 366 g/mol. The summed E-state index contributed by atoms with van der Waals surface area (Å²) in [5.41, 5.74) is -0.197. The van der Waals surface area contributed by atoms with E-state index in [4.69, 9.17) is 0 Å². The number of carbonyl (C=O) groups excluding carboxylic acids is 1. The van der Waals surface area contributed by atoms with Gasteiger partial charge in [0.15, 0.2) is 0 Å². The normalized spacial score (nSPS) is 11.5. The summed E-state index contributed by atoms with van der Waals surface area (Å²) in [6.45, 7) is 6.76. The number of hydrogen-bond acceptors (Lipinski definition) is 6. The molecule has 0 aliphatic carbocycles. The molecule has 0 aliphatic heterocycles. The van der Waals surface area contributed by atoms with E-state index in [0.717, 1.165) is 12.2 Å². The van der Waals surface area contributed by atoms with E-state index in [1.807, 2.05) is 39.0 Å². The highest BCUT2D eigenvalue weighted by Gasteiger charge is 2.20. The number of nitrogens with zero attached hydrogens (tertiary/aromatic N) is 4. The summed E-state index contributed by atoms with van der Waals surface area (Å²) < 4.78 is 1.74. The van der Waals surface area contributed by atoms with Crippen molar-refractivity contribution in [2.24, 2.45) is 0 Å². The average Bonchev–Trinajstić information content (AvgIpc) is 3.02. The molecule has 1 aromatic carbocycles. The molecule has 0 spiro atoms. The van der Waals surface area contributed by atoms with E-state index < -0.39 is 0 Å². The Morgan fingerprint density at radius 2 is 1.96 bits per heavy atom. The number of tetrazole rings is 1. The van der Waals surface area contributed by atoms with Gasteiger partial charge in [-0.2, -0.15) is 0 Å². The zero-order chi connectivity index (χ0) is 17.4. The predicted molar refractivity (Wildman–Crippen MR) is 98.3 cm³/mol. The molecule has 130 valence electrons. The number of hydrogen-bond donors (Lipinski definition) is 1. The molecule has 2 aromatic rings. The Kier molecular flexibility index (Phi) is 7.11. The van der Waals surface area contributed by atoms with Crippen molar-refractivity contribution in [3.05, 3.63) is 30.3 Å². The molecule has 0 saturated carbocycles. The Labute approximate surface area is 151 Å². The molecule has 8 heteroatoms. The second-order valence-electron chi connectivity index (χ2n) is 6.20. The molecule has 0 fully saturated rings. The van der Waals surface area contributed by atoms with E-state index in [1.54, 1.807) is 16.4 Å². The molecule has 6 nitrogen and oxygen atoms in total. The number of aromatic nitrogens is 4. The summed E-state index contributed by atoms with van der Waals surface area (Å²) in [5, 5.41) is 15.3. The van der Waals surface area contributed by atoms with Crippen LogP contribution in [-0.2, 0) is 10.3 Å². The van der Waals surface area contributed by atoms with E-state index in [2.05, 4.69) is 33.0 Å². The van der Waals surface area contributed by atoms with Crippen LogP contribution >= 0.6 is 23.5 Å². The first-order valence-corrected chi connectivity index (χ1v) is 9.80. The maximum atomic E-state index is 11.9. The van der Waals surface area contributed by atoms with Crippen molar-refractivity contribution in [2.75, 3.05) is 18.1 Å². The molecule has 0 saturated heterocycles. The third-order valence-corrected chi connectivity index (χ3v) is 5.08. The monoisotopic (exact) mass is 365 g/mol. The second-order valence-corrected chi connectivity index (χ2v) is 8.31. The van der Waals surface area contributed by atoms with Gasteiger partial charge in [-0.05, 0) is 55.5 Å². The molecule has 0 aliphatic rings. The number of thioether (sulfide) groups is 2. The van der Waals surface area contributed by atoms with Crippen LogP contribution in [0.2, 0.25) is 0 Å². The van der Waals surface area contributed by atoms with Crippen molar-refractivity contribution in [3.63, 3.8) is 0 Å². The van der Waals surface area contributed by atoms with Gasteiger partial charge in [0.1, 0.15) is 0 Å². The van der Waals surface area contributed by atoms with Gasteiger partial charge in [-0.25, -0.2) is 4.68 Å². The van der Waals surface area contributed by atoms with Crippen LogP contribution in [0.1, 0.15) is 27.2 Å². The van der Waals surface area contributed by atoms with E-state index >= 15 is 0 Å². The lowest BCUT2D eigenvalue weighted by Gasteiger charge is -2.19. The zero-order valence-electron chi connectivity index (χ0n) is 14.2. The number of carbonyl (C=O) groups is 1. The molecular formula is C16H23N5OS2. The standard InChI is InChI=1S/C16H23N5OS2/c1-16(2,3)21-15(18-19-20-21)24-12-14(22)17-10-7-11-23-13-8-5-4-6-9-13/h4-6,8-9H,7,10-12H2,1-3H3,(H,17,22). The smallest absolute Gasteiger partial charge is 0.230 e. The molecule has 0 bridgehead atoms. The van der Waals surface area contributed by atoms with Crippen LogP contribution in [0.15, 0.2) is 40.4 Å². The highest BCUT2D eigenvalue weighted by atomic mass is 32.2. The van der Waals surface area contributed by atoms with E-state index in [1.165, 1.54) is 16.7 Å². The number of rotatable bonds is 8. The number of benzene rings is 1. The Bertz CT molecular complexity index is 639. The van der Waals surface area contributed by atoms with E-state index in [0.29, 0.717) is 17.5 Å². The molecule has 1 aromatic heterocycles. The van der Waals surface area contributed by atoms with Gasteiger partial charge in [-0.3, -0.25) is 4.79 Å². The van der Waals surface area contributed by atoms with Gasteiger partial charge in [0.2, 0.25) is 11.1 Å². The van der Waals surface area contributed by atoms with Gasteiger partial charge in [0, 0.05) is 11.4 Å². The van der Waals surface area contributed by atoms with Crippen LogP contribution in [-0.4, -0.2) is 44.2 Å². The van der Waals surface area contributed by atoms with Gasteiger partial charge in [-0.15, -0.1) is 16.9 Å². The lowest BCUT2D eigenvalue weighted by molar-refractivity contribution is -0.118. The third kappa shape index (κ3) is 6.16. The van der Waals surface area contributed by atoms with Crippen LogP contribution in [0.5, 0.6) is 0 Å². The highest BCUT2D eigenvalue weighted by molar-refractivity contribution is 7.99. The predicted octanol–water partition coefficient (Wildman–Crippen LogP) is 2.82. The van der Waals surface area contributed by atoms with Gasteiger partial charge in [0.05, 0.1) is 11.3 Å². The van der Waals surface area contributed by atoms with Crippen LogP contribution in [0.3, 0.4) is 0 Å². The molecule has 2 rings (SSSR count). The molecule has 1 amide bonds. The topological polar surface area (TPSA) is 72.7 Å². The Morgan fingerprint density at radius 1 is 1.21 bits per heavy atom. The van der Waals surface area contributed by atoms with Crippen molar-refractivity contribution in [2.45, 2.75) is 42.8 Å². The highest BCUT2D eigenvalue weighted by Crippen LogP contribution is 2.21. The minimum absolute atomic E-state index is 0.00757. The Morgan fingerprint density at radius 3 is 2.67 bits per heavy atom. The van der Waals surface area contributed by atoms with Crippen molar-refractivity contribution in [1.82, 2.24) is 25.5 Å². The van der Waals surface area contributed by atoms with Crippen molar-refractivity contribution in [3.8, 4) is 0 Å². The van der Waals surface area contributed by atoms with Gasteiger partial charge in [-0.1, -0.05) is 30.0 Å². The first-order chi connectivity index (χ1) is 11.5. The fraction of sp³-hybridized carbons (Fsp3) is 0.500. The SMILES string of the molecule is CC(C)(C)n1nnnc1SCC(=O)NCCCSc1ccccc1. The van der Waals surface area contributed by atoms with Gasteiger partial charge in [0.25, 0.3) is 0 Å². The molecule has 1 heterocycles. The third-order valence-electron chi connectivity index (χ3n) is 3.06. The first-order valence-electron chi connectivity index (χ1n) is 7.83. The van der Waals surface area contributed by atoms with Gasteiger partial charge < -0.3 is 5.32 Å². The zero-order valence-corrected chi connectivity index (χ0v) is 15.9. The maximum absolute atomic E-state index is 11.9. The van der Waals surface area contributed by atoms with Gasteiger partial charge >= 0.3 is 0 Å². The number of amides is 1. The van der Waals surface area contributed by atoms with Crippen LogP contribution < -0.4 is 5.32 Å². The molecule has 24 heavy (non-hydrogen) atoms. The van der Waals surface area contributed by atoms with Crippen molar-refractivity contribution in [1.29, 1.82) is 0 Å².